The summed E-state index contributed by atoms with van der Waals surface area (Å²) in [5.41, 5.74) is 0. The molecule has 0 aromatic rings. The lowest BCUT2D eigenvalue weighted by molar-refractivity contribution is 0.313. The Labute approximate surface area is 134 Å². The number of unbranched alkanes of at least 4 members (excludes halogenated alkanes) is 12. The highest BCUT2D eigenvalue weighted by molar-refractivity contribution is 7.24. The molecule has 0 aromatic heterocycles. The van der Waals surface area contributed by atoms with E-state index in [4.69, 9.17) is 9.42 Å². The second-order valence-electron chi connectivity index (χ2n) is 5.88. The van der Waals surface area contributed by atoms with Gasteiger partial charge in [-0.2, -0.15) is 0 Å². The fraction of sp³-hybridized carbons (Fsp3) is 0.889. The molecule has 0 aliphatic heterocycles. The van der Waals surface area contributed by atoms with E-state index in [0.717, 1.165) is 13.0 Å². The first-order valence-corrected chi connectivity index (χ1v) is 9.93. The lowest BCUT2D eigenvalue weighted by atomic mass is 10.1. The van der Waals surface area contributed by atoms with E-state index < -0.39 is 0 Å². The molecule has 126 valence electrons. The van der Waals surface area contributed by atoms with Gasteiger partial charge in [0.1, 0.15) is 0 Å². The summed E-state index contributed by atoms with van der Waals surface area (Å²) in [7, 11) is -0.339. The SMILES string of the molecule is CCCCCCCC/C=C/CCCCCCCCOPO. The third kappa shape index (κ3) is 20.1. The van der Waals surface area contributed by atoms with Gasteiger partial charge in [-0.3, -0.25) is 0 Å². The lowest BCUT2D eigenvalue weighted by Crippen LogP contribution is -1.86. The van der Waals surface area contributed by atoms with Crippen LogP contribution in [0.4, 0.5) is 0 Å². The van der Waals surface area contributed by atoms with Gasteiger partial charge in [0.2, 0.25) is 0 Å². The van der Waals surface area contributed by atoms with Crippen molar-refractivity contribution in [3.8, 4) is 0 Å². The molecule has 0 heterocycles. The van der Waals surface area contributed by atoms with E-state index in [0.29, 0.717) is 0 Å². The molecule has 1 atom stereocenters. The zero-order valence-electron chi connectivity index (χ0n) is 14.1. The lowest BCUT2D eigenvalue weighted by Gasteiger charge is -2.01. The third-order valence-electron chi connectivity index (χ3n) is 3.82. The van der Waals surface area contributed by atoms with Crippen LogP contribution in [0.3, 0.4) is 0 Å². The molecule has 1 N–H and O–H groups in total. The summed E-state index contributed by atoms with van der Waals surface area (Å²) in [6, 6.07) is 0. The van der Waals surface area contributed by atoms with Crippen molar-refractivity contribution in [1.29, 1.82) is 0 Å². The summed E-state index contributed by atoms with van der Waals surface area (Å²) in [6.45, 7) is 2.99. The molecule has 0 saturated carbocycles. The Balaban J connectivity index is 3.02. The minimum absolute atomic E-state index is 0.339. The van der Waals surface area contributed by atoms with Crippen molar-refractivity contribution in [3.63, 3.8) is 0 Å². The number of rotatable bonds is 17. The topological polar surface area (TPSA) is 29.5 Å². The van der Waals surface area contributed by atoms with Gasteiger partial charge in [-0.1, -0.05) is 76.9 Å². The molecule has 0 spiro atoms. The van der Waals surface area contributed by atoms with Crippen molar-refractivity contribution in [2.75, 3.05) is 6.61 Å². The van der Waals surface area contributed by atoms with Crippen LogP contribution in [0, 0.1) is 0 Å². The van der Waals surface area contributed by atoms with Crippen molar-refractivity contribution < 1.29 is 9.42 Å². The summed E-state index contributed by atoms with van der Waals surface area (Å²) >= 11 is 0. The fourth-order valence-corrected chi connectivity index (χ4v) is 2.70. The van der Waals surface area contributed by atoms with Gasteiger partial charge < -0.3 is 9.42 Å². The zero-order valence-corrected chi connectivity index (χ0v) is 15.1. The van der Waals surface area contributed by atoms with Crippen LogP contribution in [-0.4, -0.2) is 11.5 Å². The molecule has 0 saturated heterocycles. The quantitative estimate of drug-likeness (QED) is 0.187. The Hall–Kier alpha value is 0.0900. The first kappa shape index (κ1) is 21.1. The summed E-state index contributed by atoms with van der Waals surface area (Å²) < 4.78 is 4.93. The minimum atomic E-state index is -0.339. The van der Waals surface area contributed by atoms with E-state index in [2.05, 4.69) is 19.1 Å². The molecule has 21 heavy (non-hydrogen) atoms. The number of hydrogen-bond donors (Lipinski definition) is 1. The Morgan fingerprint density at radius 3 is 1.71 bits per heavy atom. The maximum atomic E-state index is 8.49. The summed E-state index contributed by atoms with van der Waals surface area (Å²) in [6.07, 6.45) is 23.3. The molecule has 2 nitrogen and oxygen atoms in total. The average Bonchev–Trinajstić information content (AvgIpc) is 2.50. The maximum absolute atomic E-state index is 8.49. The van der Waals surface area contributed by atoms with Crippen LogP contribution in [0.15, 0.2) is 12.2 Å². The van der Waals surface area contributed by atoms with Gasteiger partial charge in [0.25, 0.3) is 0 Å². The van der Waals surface area contributed by atoms with E-state index in [-0.39, 0.29) is 9.03 Å². The van der Waals surface area contributed by atoms with Gasteiger partial charge in [-0.05, 0) is 32.1 Å². The molecule has 0 rings (SSSR count). The van der Waals surface area contributed by atoms with Crippen molar-refractivity contribution in [2.24, 2.45) is 0 Å². The van der Waals surface area contributed by atoms with E-state index in [1.165, 1.54) is 83.5 Å². The highest BCUT2D eigenvalue weighted by Gasteiger charge is 1.91. The van der Waals surface area contributed by atoms with Gasteiger partial charge in [0, 0.05) is 0 Å². The van der Waals surface area contributed by atoms with E-state index in [9.17, 15) is 0 Å². The molecule has 0 aliphatic carbocycles. The van der Waals surface area contributed by atoms with Gasteiger partial charge in [0.05, 0.1) is 6.61 Å². The van der Waals surface area contributed by atoms with Crippen LogP contribution in [0.25, 0.3) is 0 Å². The predicted octanol–water partition coefficient (Wildman–Crippen LogP) is 6.54. The van der Waals surface area contributed by atoms with Crippen molar-refractivity contribution in [1.82, 2.24) is 0 Å². The maximum Gasteiger partial charge on any atom is 0.152 e. The third-order valence-corrected chi connectivity index (χ3v) is 4.16. The molecule has 0 aliphatic rings. The van der Waals surface area contributed by atoms with Crippen molar-refractivity contribution in [2.45, 2.75) is 96.8 Å². The molecular weight excluding hydrogens is 279 g/mol. The van der Waals surface area contributed by atoms with Gasteiger partial charge in [-0.15, -0.1) is 0 Å². The molecular formula is C18H37O2P. The van der Waals surface area contributed by atoms with E-state index in [1.54, 1.807) is 0 Å². The van der Waals surface area contributed by atoms with Crippen LogP contribution in [0.1, 0.15) is 96.8 Å². The van der Waals surface area contributed by atoms with E-state index in [1.807, 2.05) is 0 Å². The summed E-state index contributed by atoms with van der Waals surface area (Å²) in [4.78, 5) is 8.49. The number of hydrogen-bond acceptors (Lipinski definition) is 2. The first-order chi connectivity index (χ1) is 10.4. The molecule has 1 unspecified atom stereocenters. The molecule has 0 bridgehead atoms. The van der Waals surface area contributed by atoms with Crippen molar-refractivity contribution >= 4 is 9.03 Å². The monoisotopic (exact) mass is 316 g/mol. The largest absolute Gasteiger partial charge is 0.352 e. The van der Waals surface area contributed by atoms with Crippen LogP contribution in [-0.2, 0) is 4.52 Å². The second-order valence-corrected chi connectivity index (χ2v) is 6.35. The van der Waals surface area contributed by atoms with Gasteiger partial charge in [0.15, 0.2) is 9.03 Å². The average molecular weight is 316 g/mol. The molecule has 0 fully saturated rings. The van der Waals surface area contributed by atoms with Crippen LogP contribution < -0.4 is 0 Å². The van der Waals surface area contributed by atoms with Crippen LogP contribution in [0.2, 0.25) is 0 Å². The number of allylic oxidation sites excluding steroid dienone is 2. The Morgan fingerprint density at radius 2 is 1.19 bits per heavy atom. The molecule has 3 heteroatoms. The van der Waals surface area contributed by atoms with Crippen LogP contribution in [0.5, 0.6) is 0 Å². The van der Waals surface area contributed by atoms with Gasteiger partial charge >= 0.3 is 0 Å². The predicted molar refractivity (Wildman–Crippen MR) is 95.9 cm³/mol. The Morgan fingerprint density at radius 1 is 0.714 bits per heavy atom. The fourth-order valence-electron chi connectivity index (χ4n) is 2.47. The van der Waals surface area contributed by atoms with Crippen molar-refractivity contribution in [3.05, 3.63) is 12.2 Å². The standard InChI is InChI=1S/C18H37O2P/c1-2-3-4-5-6-7-8-9-10-11-12-13-14-15-16-17-18-20-21-19/h9-10,19,21H,2-8,11-18H2,1H3/b10-9+. The van der Waals surface area contributed by atoms with Crippen LogP contribution >= 0.6 is 9.03 Å². The molecule has 0 radical (unpaired) electrons. The normalized spacial score (nSPS) is 12.1. The summed E-state index contributed by atoms with van der Waals surface area (Å²) in [5, 5.41) is 0. The molecule has 0 amide bonds. The smallest absolute Gasteiger partial charge is 0.152 e. The minimum Gasteiger partial charge on any atom is -0.352 e. The first-order valence-electron chi connectivity index (χ1n) is 9.07. The Kier molecular flexibility index (Phi) is 20.2. The second kappa shape index (κ2) is 20.1. The highest BCUT2D eigenvalue weighted by Crippen LogP contribution is 2.11. The molecule has 0 aromatic carbocycles. The highest BCUT2D eigenvalue weighted by atomic mass is 31.1. The summed E-state index contributed by atoms with van der Waals surface area (Å²) in [5.74, 6) is 0. The Bertz CT molecular complexity index is 207. The van der Waals surface area contributed by atoms with E-state index >= 15 is 0 Å². The van der Waals surface area contributed by atoms with Gasteiger partial charge in [-0.25, -0.2) is 0 Å². The zero-order chi connectivity index (χ0) is 15.4.